The Bertz CT molecular complexity index is 628. The van der Waals surface area contributed by atoms with Crippen molar-refractivity contribution in [3.8, 4) is 0 Å². The number of hydrogen-bond donors (Lipinski definition) is 2. The first kappa shape index (κ1) is 14.2. The highest BCUT2D eigenvalue weighted by molar-refractivity contribution is 6.33. The van der Waals surface area contributed by atoms with Crippen LogP contribution in [0.3, 0.4) is 0 Å². The fourth-order valence-corrected chi connectivity index (χ4v) is 1.89. The number of nitrogens with one attached hydrogen (secondary N) is 1. The van der Waals surface area contributed by atoms with E-state index in [-0.39, 0.29) is 10.6 Å². The van der Waals surface area contributed by atoms with Crippen LogP contribution in [0.25, 0.3) is 0 Å². The number of benzene rings is 2. The van der Waals surface area contributed by atoms with Crippen LogP contribution in [0.15, 0.2) is 54.6 Å². The van der Waals surface area contributed by atoms with Crippen LogP contribution in [0.4, 0.5) is 0 Å². The zero-order valence-corrected chi connectivity index (χ0v) is 11.2. The van der Waals surface area contributed by atoms with Gasteiger partial charge in [0.25, 0.3) is 5.91 Å². The van der Waals surface area contributed by atoms with Gasteiger partial charge in [-0.15, -0.1) is 0 Å². The molecule has 1 atom stereocenters. The Morgan fingerprint density at radius 1 is 1.00 bits per heavy atom. The van der Waals surface area contributed by atoms with Gasteiger partial charge in [0, 0.05) is 5.56 Å². The van der Waals surface area contributed by atoms with Crippen molar-refractivity contribution < 1.29 is 14.7 Å². The van der Waals surface area contributed by atoms with E-state index in [4.69, 9.17) is 11.6 Å². The minimum atomic E-state index is -1.61. The highest BCUT2D eigenvalue weighted by Crippen LogP contribution is 2.14. The second-order valence-corrected chi connectivity index (χ2v) is 4.49. The zero-order valence-electron chi connectivity index (χ0n) is 10.4. The van der Waals surface area contributed by atoms with Crippen molar-refractivity contribution in [3.63, 3.8) is 0 Å². The number of halogens is 1. The molecule has 0 saturated heterocycles. The molecule has 5 heteroatoms. The first-order valence-corrected chi connectivity index (χ1v) is 6.30. The number of ketones is 1. The third kappa shape index (κ3) is 3.23. The van der Waals surface area contributed by atoms with E-state index < -0.39 is 17.9 Å². The van der Waals surface area contributed by atoms with Crippen LogP contribution in [-0.2, 0) is 0 Å². The molecule has 0 heterocycles. The van der Waals surface area contributed by atoms with Gasteiger partial charge in [-0.3, -0.25) is 9.59 Å². The summed E-state index contributed by atoms with van der Waals surface area (Å²) < 4.78 is 0. The van der Waals surface area contributed by atoms with Gasteiger partial charge in [0.05, 0.1) is 10.6 Å². The average molecular weight is 290 g/mol. The van der Waals surface area contributed by atoms with Gasteiger partial charge in [-0.25, -0.2) is 0 Å². The number of Topliss-reactive ketones (excluding diaryl/α,β-unsaturated/α-hetero) is 1. The highest BCUT2D eigenvalue weighted by Gasteiger charge is 2.20. The van der Waals surface area contributed by atoms with E-state index in [1.807, 2.05) is 0 Å². The summed E-state index contributed by atoms with van der Waals surface area (Å²) in [5, 5.41) is 12.2. The Morgan fingerprint density at radius 3 is 2.25 bits per heavy atom. The van der Waals surface area contributed by atoms with E-state index in [1.165, 1.54) is 6.07 Å². The molecule has 0 spiro atoms. The number of amides is 1. The van der Waals surface area contributed by atoms with Crippen LogP contribution in [0.1, 0.15) is 20.7 Å². The third-order valence-corrected chi connectivity index (χ3v) is 3.02. The van der Waals surface area contributed by atoms with Crippen molar-refractivity contribution in [2.24, 2.45) is 0 Å². The fraction of sp³-hybridized carbons (Fsp3) is 0.0667. The summed E-state index contributed by atoms with van der Waals surface area (Å²) in [4.78, 5) is 23.8. The molecule has 20 heavy (non-hydrogen) atoms. The zero-order chi connectivity index (χ0) is 14.5. The minimum Gasteiger partial charge on any atom is -0.367 e. The van der Waals surface area contributed by atoms with Crippen molar-refractivity contribution in [1.29, 1.82) is 0 Å². The van der Waals surface area contributed by atoms with Crippen molar-refractivity contribution in [3.05, 3.63) is 70.7 Å². The van der Waals surface area contributed by atoms with Crippen molar-refractivity contribution in [2.45, 2.75) is 6.23 Å². The largest absolute Gasteiger partial charge is 0.367 e. The lowest BCUT2D eigenvalue weighted by atomic mass is 10.1. The maximum absolute atomic E-state index is 11.9. The van der Waals surface area contributed by atoms with Crippen LogP contribution in [-0.4, -0.2) is 23.0 Å². The van der Waals surface area contributed by atoms with E-state index in [0.717, 1.165) is 0 Å². The Kier molecular flexibility index (Phi) is 4.50. The topological polar surface area (TPSA) is 66.4 Å². The van der Waals surface area contributed by atoms with E-state index in [1.54, 1.807) is 48.5 Å². The smallest absolute Gasteiger partial charge is 0.255 e. The van der Waals surface area contributed by atoms with Crippen LogP contribution in [0, 0.1) is 0 Å². The molecule has 0 radical (unpaired) electrons. The molecule has 0 unspecified atom stereocenters. The normalized spacial score (nSPS) is 11.7. The van der Waals surface area contributed by atoms with Crippen LogP contribution >= 0.6 is 11.6 Å². The molecule has 2 aromatic carbocycles. The predicted molar refractivity (Wildman–Crippen MR) is 75.7 cm³/mol. The Balaban J connectivity index is 2.09. The number of aliphatic hydroxyl groups is 1. The predicted octanol–water partition coefficient (Wildman–Crippen LogP) is 2.27. The molecule has 2 N–H and O–H groups in total. The molecule has 0 saturated carbocycles. The SMILES string of the molecule is O=C(N[C@@H](O)C(=O)c1ccccc1)c1ccccc1Cl. The maximum atomic E-state index is 11.9. The lowest BCUT2D eigenvalue weighted by Crippen LogP contribution is -2.40. The van der Waals surface area contributed by atoms with Gasteiger partial charge in [0.15, 0.2) is 6.23 Å². The van der Waals surface area contributed by atoms with Crippen molar-refractivity contribution in [2.75, 3.05) is 0 Å². The molecule has 0 bridgehead atoms. The Hall–Kier alpha value is -2.17. The second kappa shape index (κ2) is 6.32. The number of hydrogen-bond acceptors (Lipinski definition) is 3. The summed E-state index contributed by atoms with van der Waals surface area (Å²) in [6, 6.07) is 14.6. The lowest BCUT2D eigenvalue weighted by molar-refractivity contribution is 0.0607. The molecule has 4 nitrogen and oxygen atoms in total. The van der Waals surface area contributed by atoms with Gasteiger partial charge >= 0.3 is 0 Å². The van der Waals surface area contributed by atoms with E-state index in [9.17, 15) is 14.7 Å². The van der Waals surface area contributed by atoms with E-state index >= 15 is 0 Å². The molecule has 102 valence electrons. The van der Waals surface area contributed by atoms with Gasteiger partial charge < -0.3 is 10.4 Å². The molecule has 0 fully saturated rings. The van der Waals surface area contributed by atoms with Gasteiger partial charge in [-0.2, -0.15) is 0 Å². The molecular weight excluding hydrogens is 278 g/mol. The highest BCUT2D eigenvalue weighted by atomic mass is 35.5. The van der Waals surface area contributed by atoms with Gasteiger partial charge in [-0.05, 0) is 12.1 Å². The second-order valence-electron chi connectivity index (χ2n) is 4.09. The Labute approximate surface area is 121 Å². The molecular formula is C15H12ClNO3. The van der Waals surface area contributed by atoms with Crippen LogP contribution in [0.2, 0.25) is 5.02 Å². The van der Waals surface area contributed by atoms with Gasteiger partial charge in [0.1, 0.15) is 0 Å². The van der Waals surface area contributed by atoms with E-state index in [2.05, 4.69) is 5.32 Å². The summed E-state index contributed by atoms with van der Waals surface area (Å²) in [5.74, 6) is -1.18. The molecule has 0 aliphatic heterocycles. The summed E-state index contributed by atoms with van der Waals surface area (Å²) >= 11 is 5.87. The monoisotopic (exact) mass is 289 g/mol. The van der Waals surface area contributed by atoms with Crippen LogP contribution < -0.4 is 5.32 Å². The van der Waals surface area contributed by atoms with Gasteiger partial charge in [-0.1, -0.05) is 54.1 Å². The van der Waals surface area contributed by atoms with Crippen LogP contribution in [0.5, 0.6) is 0 Å². The van der Waals surface area contributed by atoms with E-state index in [0.29, 0.717) is 5.56 Å². The molecule has 2 rings (SSSR count). The molecule has 0 aliphatic carbocycles. The fourth-order valence-electron chi connectivity index (χ4n) is 1.67. The van der Waals surface area contributed by atoms with Gasteiger partial charge in [0.2, 0.25) is 5.78 Å². The first-order valence-electron chi connectivity index (χ1n) is 5.92. The molecule has 1 amide bonds. The summed E-state index contributed by atoms with van der Waals surface area (Å²) in [7, 11) is 0. The van der Waals surface area contributed by atoms with Crippen molar-refractivity contribution in [1.82, 2.24) is 5.32 Å². The number of carbonyl (C=O) groups excluding carboxylic acids is 2. The summed E-state index contributed by atoms with van der Waals surface area (Å²) in [5.41, 5.74) is 0.522. The standard InChI is InChI=1S/C15H12ClNO3/c16-12-9-5-4-8-11(12)14(19)17-15(20)13(18)10-6-2-1-3-7-10/h1-9,15,20H,(H,17,19)/t15-/m0/s1. The Morgan fingerprint density at radius 2 is 1.60 bits per heavy atom. The summed E-state index contributed by atoms with van der Waals surface area (Å²) in [6.45, 7) is 0. The number of rotatable bonds is 4. The molecule has 0 aromatic heterocycles. The number of aliphatic hydroxyl groups excluding tert-OH is 1. The van der Waals surface area contributed by atoms with Crippen molar-refractivity contribution >= 4 is 23.3 Å². The average Bonchev–Trinajstić information content (AvgIpc) is 2.47. The minimum absolute atomic E-state index is 0.203. The number of carbonyl (C=O) groups is 2. The summed E-state index contributed by atoms with van der Waals surface area (Å²) in [6.07, 6.45) is -1.61. The maximum Gasteiger partial charge on any atom is 0.255 e. The molecule has 2 aromatic rings. The quantitative estimate of drug-likeness (QED) is 0.670. The molecule has 0 aliphatic rings. The lowest BCUT2D eigenvalue weighted by Gasteiger charge is -2.12. The first-order chi connectivity index (χ1) is 9.59. The third-order valence-electron chi connectivity index (χ3n) is 2.69.